The van der Waals surface area contributed by atoms with Gasteiger partial charge in [-0.15, -0.1) is 5.10 Å². The van der Waals surface area contributed by atoms with E-state index in [-0.39, 0.29) is 17.6 Å². The molecule has 1 fully saturated rings. The van der Waals surface area contributed by atoms with Crippen molar-refractivity contribution in [2.24, 2.45) is 5.92 Å². The molecule has 8 heteroatoms. The Morgan fingerprint density at radius 2 is 2.13 bits per heavy atom. The number of hydrogen-bond acceptors (Lipinski definition) is 4. The van der Waals surface area contributed by atoms with Gasteiger partial charge in [0.05, 0.1) is 28.9 Å². The minimum absolute atomic E-state index is 0.0161. The van der Waals surface area contributed by atoms with Crippen LogP contribution in [0.25, 0.3) is 5.69 Å². The maximum absolute atomic E-state index is 12.6. The van der Waals surface area contributed by atoms with Crippen molar-refractivity contribution >= 4 is 29.1 Å². The zero-order valence-electron chi connectivity index (χ0n) is 12.5. The van der Waals surface area contributed by atoms with Gasteiger partial charge in [0, 0.05) is 7.11 Å². The summed E-state index contributed by atoms with van der Waals surface area (Å²) >= 11 is 12.4. The Hall–Kier alpha value is -1.63. The number of ether oxygens (including phenoxy) is 1. The van der Waals surface area contributed by atoms with Gasteiger partial charge in [-0.1, -0.05) is 34.5 Å². The number of nitrogens with one attached hydrogen (secondary N) is 1. The lowest BCUT2D eigenvalue weighted by atomic mass is 10.2. The third-order valence-corrected chi connectivity index (χ3v) is 4.40. The molecule has 1 saturated carbocycles. The molecule has 1 aliphatic carbocycles. The van der Waals surface area contributed by atoms with Crippen LogP contribution in [-0.2, 0) is 4.74 Å². The smallest absolute Gasteiger partial charge is 0.272 e. The topological polar surface area (TPSA) is 69.0 Å². The summed E-state index contributed by atoms with van der Waals surface area (Å²) in [6.45, 7) is 0.477. The molecular formula is C15H16Cl2N4O2. The predicted molar refractivity (Wildman–Crippen MR) is 87.2 cm³/mol. The Labute approximate surface area is 143 Å². The monoisotopic (exact) mass is 354 g/mol. The molecule has 1 heterocycles. The second kappa shape index (κ2) is 6.86. The van der Waals surface area contributed by atoms with Crippen molar-refractivity contribution in [3.8, 4) is 5.69 Å². The maximum Gasteiger partial charge on any atom is 0.272 e. The predicted octanol–water partition coefficient (Wildman–Crippen LogP) is 2.73. The van der Waals surface area contributed by atoms with Gasteiger partial charge < -0.3 is 10.1 Å². The Morgan fingerprint density at radius 1 is 1.43 bits per heavy atom. The molecule has 1 atom stereocenters. The van der Waals surface area contributed by atoms with Crippen molar-refractivity contribution in [2.45, 2.75) is 18.9 Å². The summed E-state index contributed by atoms with van der Waals surface area (Å²) in [6, 6.07) is 5.08. The number of hydrogen-bond donors (Lipinski definition) is 1. The van der Waals surface area contributed by atoms with Crippen LogP contribution in [0.3, 0.4) is 0 Å². The Balaban J connectivity index is 1.87. The lowest BCUT2D eigenvalue weighted by molar-refractivity contribution is 0.0876. The van der Waals surface area contributed by atoms with Gasteiger partial charge in [-0.05, 0) is 30.9 Å². The zero-order chi connectivity index (χ0) is 16.4. The van der Waals surface area contributed by atoms with Crippen molar-refractivity contribution in [1.29, 1.82) is 0 Å². The van der Waals surface area contributed by atoms with Gasteiger partial charge in [0.1, 0.15) is 5.69 Å². The van der Waals surface area contributed by atoms with E-state index in [1.165, 1.54) is 10.9 Å². The number of aromatic nitrogens is 3. The summed E-state index contributed by atoms with van der Waals surface area (Å²) in [6.07, 6.45) is 3.59. The SMILES string of the molecule is COCC(NC(=O)c1cnnn1-c1c(Cl)cccc1Cl)C1CC1. The molecule has 1 aromatic carbocycles. The first-order valence-corrected chi connectivity index (χ1v) is 8.02. The van der Waals surface area contributed by atoms with E-state index < -0.39 is 0 Å². The molecule has 0 bridgehead atoms. The van der Waals surface area contributed by atoms with Crippen LogP contribution < -0.4 is 5.32 Å². The molecule has 23 heavy (non-hydrogen) atoms. The van der Waals surface area contributed by atoms with Crippen LogP contribution in [0, 0.1) is 5.92 Å². The molecule has 0 radical (unpaired) electrons. The number of amides is 1. The molecule has 1 N–H and O–H groups in total. The molecule has 122 valence electrons. The summed E-state index contributed by atoms with van der Waals surface area (Å²) in [4.78, 5) is 12.6. The Morgan fingerprint density at radius 3 is 2.74 bits per heavy atom. The van der Waals surface area contributed by atoms with E-state index in [1.807, 2.05) is 0 Å². The van der Waals surface area contributed by atoms with Gasteiger partial charge in [-0.3, -0.25) is 4.79 Å². The van der Waals surface area contributed by atoms with Crippen LogP contribution in [0.4, 0.5) is 0 Å². The summed E-state index contributed by atoms with van der Waals surface area (Å²) in [5.74, 6) is 0.187. The number of halogens is 2. The second-order valence-corrected chi connectivity index (χ2v) is 6.29. The van der Waals surface area contributed by atoms with Crippen molar-refractivity contribution in [2.75, 3.05) is 13.7 Å². The standard InChI is InChI=1S/C15H16Cl2N4O2/c1-23-8-12(9-5-6-9)19-15(22)13-7-18-20-21(13)14-10(16)3-2-4-11(14)17/h2-4,7,9,12H,5-6,8H2,1H3,(H,19,22). The largest absolute Gasteiger partial charge is 0.383 e. The molecule has 1 aromatic heterocycles. The van der Waals surface area contributed by atoms with E-state index in [0.29, 0.717) is 28.3 Å². The maximum atomic E-state index is 12.6. The normalized spacial score (nSPS) is 15.4. The van der Waals surface area contributed by atoms with E-state index in [9.17, 15) is 4.79 Å². The molecule has 0 saturated heterocycles. The highest BCUT2D eigenvalue weighted by atomic mass is 35.5. The highest BCUT2D eigenvalue weighted by Crippen LogP contribution is 2.33. The number of carbonyl (C=O) groups is 1. The zero-order valence-corrected chi connectivity index (χ0v) is 14.0. The molecular weight excluding hydrogens is 339 g/mol. The molecule has 0 aliphatic heterocycles. The van der Waals surface area contributed by atoms with Gasteiger partial charge in [0.25, 0.3) is 5.91 Å². The van der Waals surface area contributed by atoms with Crippen LogP contribution in [0.2, 0.25) is 10.0 Å². The number of rotatable bonds is 6. The molecule has 0 spiro atoms. The number of nitrogens with zero attached hydrogens (tertiary/aromatic N) is 3. The summed E-state index contributed by atoms with van der Waals surface area (Å²) in [7, 11) is 1.62. The summed E-state index contributed by atoms with van der Waals surface area (Å²) < 4.78 is 6.54. The first-order valence-electron chi connectivity index (χ1n) is 7.26. The van der Waals surface area contributed by atoms with Gasteiger partial charge in [-0.2, -0.15) is 0 Å². The van der Waals surface area contributed by atoms with Crippen LogP contribution in [0.5, 0.6) is 0 Å². The number of para-hydroxylation sites is 1. The van der Waals surface area contributed by atoms with Crippen molar-refractivity contribution in [3.05, 3.63) is 40.1 Å². The van der Waals surface area contributed by atoms with Gasteiger partial charge in [0.15, 0.2) is 5.69 Å². The minimum Gasteiger partial charge on any atom is -0.383 e. The van der Waals surface area contributed by atoms with E-state index in [1.54, 1.807) is 25.3 Å². The number of benzene rings is 1. The molecule has 6 nitrogen and oxygen atoms in total. The fraction of sp³-hybridized carbons (Fsp3) is 0.400. The molecule has 3 rings (SSSR count). The van der Waals surface area contributed by atoms with Crippen molar-refractivity contribution < 1.29 is 9.53 Å². The highest BCUT2D eigenvalue weighted by molar-refractivity contribution is 6.37. The van der Waals surface area contributed by atoms with Gasteiger partial charge in [0.2, 0.25) is 0 Å². The number of methoxy groups -OCH3 is 1. The molecule has 1 aliphatic rings. The third-order valence-electron chi connectivity index (χ3n) is 3.79. The lowest BCUT2D eigenvalue weighted by Crippen LogP contribution is -2.40. The average Bonchev–Trinajstić information content (AvgIpc) is 3.25. The van der Waals surface area contributed by atoms with E-state index >= 15 is 0 Å². The fourth-order valence-electron chi connectivity index (χ4n) is 2.46. The van der Waals surface area contributed by atoms with Crippen molar-refractivity contribution in [1.82, 2.24) is 20.3 Å². The second-order valence-electron chi connectivity index (χ2n) is 5.47. The first kappa shape index (κ1) is 16.2. The highest BCUT2D eigenvalue weighted by Gasteiger charge is 2.33. The van der Waals surface area contributed by atoms with Crippen LogP contribution in [0.15, 0.2) is 24.4 Å². The quantitative estimate of drug-likeness (QED) is 0.865. The average molecular weight is 355 g/mol. The molecule has 1 amide bonds. The van der Waals surface area contributed by atoms with Crippen molar-refractivity contribution in [3.63, 3.8) is 0 Å². The van der Waals surface area contributed by atoms with E-state index in [0.717, 1.165) is 12.8 Å². The summed E-state index contributed by atoms with van der Waals surface area (Å²) in [5.41, 5.74) is 0.718. The summed E-state index contributed by atoms with van der Waals surface area (Å²) in [5, 5.41) is 11.5. The molecule has 1 unspecified atom stereocenters. The minimum atomic E-state index is -0.278. The molecule has 2 aromatic rings. The van der Waals surface area contributed by atoms with E-state index in [4.69, 9.17) is 27.9 Å². The van der Waals surface area contributed by atoms with Crippen LogP contribution in [0.1, 0.15) is 23.3 Å². The Kier molecular flexibility index (Phi) is 4.84. The van der Waals surface area contributed by atoms with Gasteiger partial charge in [-0.25, -0.2) is 4.68 Å². The van der Waals surface area contributed by atoms with Crippen LogP contribution >= 0.6 is 23.2 Å². The van der Waals surface area contributed by atoms with E-state index in [2.05, 4.69) is 15.6 Å². The van der Waals surface area contributed by atoms with Crippen LogP contribution in [-0.4, -0.2) is 40.7 Å². The lowest BCUT2D eigenvalue weighted by Gasteiger charge is -2.17. The Bertz CT molecular complexity index is 695. The third kappa shape index (κ3) is 3.49. The van der Waals surface area contributed by atoms with Gasteiger partial charge >= 0.3 is 0 Å². The number of carbonyl (C=O) groups excluding carboxylic acids is 1. The fourth-order valence-corrected chi connectivity index (χ4v) is 3.02. The first-order chi connectivity index (χ1) is 11.1.